The number of aromatic nitrogens is 2. The molecule has 1 atom stereocenters. The van der Waals surface area contributed by atoms with Crippen LogP contribution in [0.4, 0.5) is 0 Å². The number of rotatable bonds is 4. The summed E-state index contributed by atoms with van der Waals surface area (Å²) in [6.07, 6.45) is -0.547. The number of cyclic esters (lactones) is 1. The monoisotopic (exact) mass is 368 g/mol. The van der Waals surface area contributed by atoms with Crippen LogP contribution in [0.5, 0.6) is 0 Å². The maximum atomic E-state index is 12.3. The van der Waals surface area contributed by atoms with E-state index in [9.17, 15) is 9.59 Å². The van der Waals surface area contributed by atoms with Crippen LogP contribution in [-0.4, -0.2) is 34.4 Å². The van der Waals surface area contributed by atoms with E-state index in [0.29, 0.717) is 23.7 Å². The Kier molecular flexibility index (Phi) is 4.78. The largest absolute Gasteiger partial charge is 0.463 e. The second kappa shape index (κ2) is 6.83. The predicted molar refractivity (Wildman–Crippen MR) is 87.3 cm³/mol. The summed E-state index contributed by atoms with van der Waals surface area (Å²) < 4.78 is 11.4. The zero-order valence-corrected chi connectivity index (χ0v) is 14.3. The summed E-state index contributed by atoms with van der Waals surface area (Å²) in [5.41, 5.74) is 1.38. The first-order valence-corrected chi connectivity index (χ1v) is 8.07. The lowest BCUT2D eigenvalue weighted by Crippen LogP contribution is -2.23. The minimum Gasteiger partial charge on any atom is -0.463 e. The number of ether oxygens (including phenoxy) is 2. The third kappa shape index (κ3) is 3.25. The van der Waals surface area contributed by atoms with E-state index in [1.54, 1.807) is 13.0 Å². The number of hydrogen-bond donors (Lipinski definition) is 0. The van der Waals surface area contributed by atoms with Gasteiger partial charge >= 0.3 is 11.9 Å². The van der Waals surface area contributed by atoms with Crippen LogP contribution in [-0.2, 0) is 20.8 Å². The average molecular weight is 369 g/mol. The normalized spacial score (nSPS) is 17.0. The number of hydrogen-bond acceptors (Lipinski definition) is 5. The molecule has 0 amide bonds. The van der Waals surface area contributed by atoms with Gasteiger partial charge in [-0.3, -0.25) is 0 Å². The van der Waals surface area contributed by atoms with Crippen LogP contribution < -0.4 is 0 Å². The summed E-state index contributed by atoms with van der Waals surface area (Å²) in [6.45, 7) is 2.21. The molecule has 0 N–H and O–H groups in total. The molecule has 2 heterocycles. The molecule has 0 aliphatic carbocycles. The van der Waals surface area contributed by atoms with Crippen molar-refractivity contribution in [1.82, 2.24) is 9.78 Å². The lowest BCUT2D eigenvalue weighted by atomic mass is 10.2. The third-order valence-electron chi connectivity index (χ3n) is 3.68. The van der Waals surface area contributed by atoms with Gasteiger partial charge in [0.25, 0.3) is 0 Å². The maximum absolute atomic E-state index is 12.3. The SMILES string of the molecule is Cc1nn(Cc2ccccc2Cl)c(Cl)c1C(=O)O[C@H]1CCOC1=O. The van der Waals surface area contributed by atoms with Crippen molar-refractivity contribution in [2.75, 3.05) is 6.61 Å². The van der Waals surface area contributed by atoms with Gasteiger partial charge in [0.15, 0.2) is 0 Å². The van der Waals surface area contributed by atoms with Gasteiger partial charge in [0.1, 0.15) is 10.7 Å². The molecule has 0 radical (unpaired) electrons. The van der Waals surface area contributed by atoms with Crippen molar-refractivity contribution in [3.05, 3.63) is 51.3 Å². The number of carbonyl (C=O) groups excluding carboxylic acids is 2. The van der Waals surface area contributed by atoms with E-state index in [0.717, 1.165) is 5.56 Å². The van der Waals surface area contributed by atoms with Crippen molar-refractivity contribution in [2.45, 2.75) is 26.0 Å². The molecule has 0 unspecified atom stereocenters. The summed E-state index contributed by atoms with van der Waals surface area (Å²) in [4.78, 5) is 23.8. The fraction of sp³-hybridized carbons (Fsp3) is 0.312. The highest BCUT2D eigenvalue weighted by molar-refractivity contribution is 6.33. The molecule has 24 heavy (non-hydrogen) atoms. The molecule has 0 bridgehead atoms. The van der Waals surface area contributed by atoms with E-state index in [4.69, 9.17) is 32.7 Å². The summed E-state index contributed by atoms with van der Waals surface area (Å²) in [7, 11) is 0. The fourth-order valence-electron chi connectivity index (χ4n) is 2.45. The van der Waals surface area contributed by atoms with Crippen LogP contribution >= 0.6 is 23.2 Å². The van der Waals surface area contributed by atoms with Crippen molar-refractivity contribution in [1.29, 1.82) is 0 Å². The number of nitrogens with zero attached hydrogens (tertiary/aromatic N) is 2. The third-order valence-corrected chi connectivity index (χ3v) is 4.44. The van der Waals surface area contributed by atoms with E-state index in [1.165, 1.54) is 4.68 Å². The Bertz CT molecular complexity index is 803. The molecule has 1 aromatic carbocycles. The summed E-state index contributed by atoms with van der Waals surface area (Å²) in [5.74, 6) is -1.23. The lowest BCUT2D eigenvalue weighted by Gasteiger charge is -2.08. The number of carbonyl (C=O) groups is 2. The minimum atomic E-state index is -0.889. The van der Waals surface area contributed by atoms with Crippen LogP contribution in [0, 0.1) is 6.92 Å². The van der Waals surface area contributed by atoms with Gasteiger partial charge in [0.2, 0.25) is 6.10 Å². The zero-order valence-electron chi connectivity index (χ0n) is 12.8. The highest BCUT2D eigenvalue weighted by Crippen LogP contribution is 2.25. The number of halogens is 2. The Morgan fingerprint density at radius 1 is 1.42 bits per heavy atom. The highest BCUT2D eigenvalue weighted by atomic mass is 35.5. The van der Waals surface area contributed by atoms with E-state index in [1.807, 2.05) is 18.2 Å². The minimum absolute atomic E-state index is 0.142. The smallest absolute Gasteiger partial charge is 0.347 e. The Hall–Kier alpha value is -2.05. The van der Waals surface area contributed by atoms with Crippen LogP contribution in [0.3, 0.4) is 0 Å². The van der Waals surface area contributed by atoms with Crippen LogP contribution in [0.15, 0.2) is 24.3 Å². The number of benzene rings is 1. The second-order valence-corrected chi connectivity index (χ2v) is 6.12. The van der Waals surface area contributed by atoms with Gasteiger partial charge in [0.05, 0.1) is 18.8 Å². The van der Waals surface area contributed by atoms with E-state index >= 15 is 0 Å². The standard InChI is InChI=1S/C16H14Cl2N2O4/c1-9-13(16(22)24-12-6-7-23-15(12)21)14(18)20(19-9)8-10-4-2-3-5-11(10)17/h2-5,12H,6-8H2,1H3/t12-/m0/s1. The highest BCUT2D eigenvalue weighted by Gasteiger charge is 2.32. The first-order chi connectivity index (χ1) is 11.5. The van der Waals surface area contributed by atoms with E-state index in [-0.39, 0.29) is 17.3 Å². The zero-order chi connectivity index (χ0) is 17.3. The molecule has 0 spiro atoms. The second-order valence-electron chi connectivity index (χ2n) is 5.35. The Labute approximate surface area is 148 Å². The van der Waals surface area contributed by atoms with Gasteiger partial charge in [-0.15, -0.1) is 0 Å². The van der Waals surface area contributed by atoms with Gasteiger partial charge in [-0.05, 0) is 18.6 Å². The quantitative estimate of drug-likeness (QED) is 0.775. The molecule has 8 heteroatoms. The molecule has 0 saturated carbocycles. The maximum Gasteiger partial charge on any atom is 0.347 e. The average Bonchev–Trinajstić information content (AvgIpc) is 3.05. The molecule has 126 valence electrons. The van der Waals surface area contributed by atoms with Crippen molar-refractivity contribution < 1.29 is 19.1 Å². The van der Waals surface area contributed by atoms with E-state index < -0.39 is 18.0 Å². The van der Waals surface area contributed by atoms with Gasteiger partial charge in [0, 0.05) is 11.4 Å². The first kappa shape index (κ1) is 16.8. The summed E-state index contributed by atoms with van der Waals surface area (Å²) in [5, 5.41) is 5.00. The predicted octanol–water partition coefficient (Wildman–Crippen LogP) is 3.02. The van der Waals surface area contributed by atoms with Gasteiger partial charge in [-0.2, -0.15) is 5.10 Å². The molecule has 1 aliphatic rings. The Morgan fingerprint density at radius 3 is 2.83 bits per heavy atom. The molecule has 1 aromatic heterocycles. The fourth-order valence-corrected chi connectivity index (χ4v) is 2.96. The topological polar surface area (TPSA) is 70.4 Å². The van der Waals surface area contributed by atoms with Crippen molar-refractivity contribution in [3.8, 4) is 0 Å². The molecule has 2 aromatic rings. The number of aryl methyl sites for hydroxylation is 1. The summed E-state index contributed by atoms with van der Waals surface area (Å²) >= 11 is 12.4. The molecule has 1 fully saturated rings. The summed E-state index contributed by atoms with van der Waals surface area (Å²) in [6, 6.07) is 7.29. The van der Waals surface area contributed by atoms with Crippen molar-refractivity contribution in [2.24, 2.45) is 0 Å². The molecular formula is C16H14Cl2N2O4. The Balaban J connectivity index is 1.82. The molecule has 3 rings (SSSR count). The molecule has 1 aliphatic heterocycles. The molecule has 6 nitrogen and oxygen atoms in total. The first-order valence-electron chi connectivity index (χ1n) is 7.31. The molecule has 1 saturated heterocycles. The van der Waals surface area contributed by atoms with Gasteiger partial charge in [-0.1, -0.05) is 41.4 Å². The van der Waals surface area contributed by atoms with Gasteiger partial charge in [-0.25, -0.2) is 14.3 Å². The van der Waals surface area contributed by atoms with Crippen LogP contribution in [0.1, 0.15) is 28.0 Å². The number of esters is 2. The molecular weight excluding hydrogens is 355 g/mol. The van der Waals surface area contributed by atoms with Crippen LogP contribution in [0.25, 0.3) is 0 Å². The van der Waals surface area contributed by atoms with Crippen molar-refractivity contribution >= 4 is 35.1 Å². The lowest BCUT2D eigenvalue weighted by molar-refractivity contribution is -0.145. The van der Waals surface area contributed by atoms with Crippen LogP contribution in [0.2, 0.25) is 10.2 Å². The van der Waals surface area contributed by atoms with Crippen molar-refractivity contribution in [3.63, 3.8) is 0 Å². The van der Waals surface area contributed by atoms with Gasteiger partial charge < -0.3 is 9.47 Å². The van der Waals surface area contributed by atoms with E-state index in [2.05, 4.69) is 5.10 Å². The Morgan fingerprint density at radius 2 is 2.17 bits per heavy atom.